The molecule has 3 aromatic carbocycles. The molecule has 1 amide bonds. The summed E-state index contributed by atoms with van der Waals surface area (Å²) < 4.78 is 5.24. The van der Waals surface area contributed by atoms with E-state index in [1.165, 1.54) is 7.11 Å². The van der Waals surface area contributed by atoms with Crippen LogP contribution in [0.2, 0.25) is 10.0 Å². The molecule has 5 rings (SSSR count). The molecule has 0 unspecified atom stereocenters. The SMILES string of the molecule is COc1ccccc1C(=O)NN=C(C)c1[nH]c(=O)c2c(ccc3[nH]c(Nc4c(Cl)cccc4Cl)nc32)c1C. The molecule has 0 spiro atoms. The summed E-state index contributed by atoms with van der Waals surface area (Å²) >= 11 is 12.5. The molecule has 9 nitrogen and oxygen atoms in total. The Labute approximate surface area is 226 Å². The number of fused-ring (bicyclic) bond motifs is 3. The molecule has 11 heteroatoms. The maximum atomic E-state index is 13.3. The summed E-state index contributed by atoms with van der Waals surface area (Å²) in [5.74, 6) is 0.390. The number of H-pyrrole nitrogens is 2. The van der Waals surface area contributed by atoms with E-state index in [1.54, 1.807) is 49.4 Å². The van der Waals surface area contributed by atoms with Gasteiger partial charge in [0.1, 0.15) is 11.3 Å². The van der Waals surface area contributed by atoms with Crippen molar-refractivity contribution in [3.05, 3.63) is 91.8 Å². The number of aromatic nitrogens is 3. The molecule has 0 saturated carbocycles. The van der Waals surface area contributed by atoms with E-state index >= 15 is 0 Å². The molecule has 0 bridgehead atoms. The van der Waals surface area contributed by atoms with Crippen molar-refractivity contribution in [3.63, 3.8) is 0 Å². The molecular formula is C27H22Cl2N6O3. The van der Waals surface area contributed by atoms with E-state index in [-0.39, 0.29) is 5.56 Å². The lowest BCUT2D eigenvalue weighted by molar-refractivity contribution is 0.0952. The Hall–Kier alpha value is -4.34. The number of amides is 1. The Morgan fingerprint density at radius 1 is 1.03 bits per heavy atom. The minimum Gasteiger partial charge on any atom is -0.496 e. The van der Waals surface area contributed by atoms with E-state index in [1.807, 2.05) is 19.1 Å². The molecule has 0 atom stereocenters. The molecule has 0 aliphatic heterocycles. The predicted molar refractivity (Wildman–Crippen MR) is 151 cm³/mol. The summed E-state index contributed by atoms with van der Waals surface area (Å²) in [5, 5.41) is 9.32. The number of ether oxygens (including phenoxy) is 1. The number of hydrazone groups is 1. The zero-order valence-electron chi connectivity index (χ0n) is 20.6. The minimum atomic E-state index is -0.431. The average molecular weight is 549 g/mol. The van der Waals surface area contributed by atoms with Gasteiger partial charge in [-0.15, -0.1) is 0 Å². The molecule has 192 valence electrons. The van der Waals surface area contributed by atoms with Crippen LogP contribution in [0.5, 0.6) is 5.75 Å². The van der Waals surface area contributed by atoms with Crippen LogP contribution in [0.1, 0.15) is 28.5 Å². The van der Waals surface area contributed by atoms with Crippen molar-refractivity contribution in [1.82, 2.24) is 20.4 Å². The van der Waals surface area contributed by atoms with Gasteiger partial charge in [-0.25, -0.2) is 10.4 Å². The van der Waals surface area contributed by atoms with Crippen LogP contribution in [-0.2, 0) is 0 Å². The third-order valence-corrected chi connectivity index (χ3v) is 6.77. The first-order valence-corrected chi connectivity index (χ1v) is 12.3. The summed E-state index contributed by atoms with van der Waals surface area (Å²) in [6.07, 6.45) is 0. The van der Waals surface area contributed by atoms with E-state index in [0.717, 1.165) is 5.56 Å². The molecule has 0 saturated heterocycles. The molecule has 0 fully saturated rings. The van der Waals surface area contributed by atoms with E-state index in [0.29, 0.717) is 66.2 Å². The Balaban J connectivity index is 1.50. The number of carbonyl (C=O) groups is 1. The molecule has 38 heavy (non-hydrogen) atoms. The number of benzene rings is 3. The van der Waals surface area contributed by atoms with Crippen LogP contribution in [0.15, 0.2) is 64.5 Å². The highest BCUT2D eigenvalue weighted by Gasteiger charge is 2.17. The monoisotopic (exact) mass is 548 g/mol. The number of aryl methyl sites for hydroxylation is 1. The molecule has 4 N–H and O–H groups in total. The maximum Gasteiger partial charge on any atom is 0.275 e. The lowest BCUT2D eigenvalue weighted by Gasteiger charge is -2.10. The first-order valence-electron chi connectivity index (χ1n) is 11.5. The first kappa shape index (κ1) is 25.3. The Kier molecular flexibility index (Phi) is 6.79. The van der Waals surface area contributed by atoms with E-state index in [9.17, 15) is 9.59 Å². The number of anilines is 2. The van der Waals surface area contributed by atoms with Gasteiger partial charge in [-0.05, 0) is 55.1 Å². The second-order valence-electron chi connectivity index (χ2n) is 8.48. The minimum absolute atomic E-state index is 0.342. The van der Waals surface area contributed by atoms with Crippen LogP contribution < -0.4 is 21.0 Å². The number of nitrogens with zero attached hydrogens (tertiary/aromatic N) is 2. The van der Waals surface area contributed by atoms with Gasteiger partial charge >= 0.3 is 0 Å². The second-order valence-corrected chi connectivity index (χ2v) is 9.30. The fraction of sp³-hybridized carbons (Fsp3) is 0.111. The molecule has 0 aliphatic rings. The number of nitrogens with one attached hydrogen (secondary N) is 4. The lowest BCUT2D eigenvalue weighted by Crippen LogP contribution is -2.22. The van der Waals surface area contributed by atoms with Crippen molar-refractivity contribution in [2.45, 2.75) is 13.8 Å². The van der Waals surface area contributed by atoms with Crippen LogP contribution in [-0.4, -0.2) is 33.7 Å². The Morgan fingerprint density at radius 2 is 1.76 bits per heavy atom. The summed E-state index contributed by atoms with van der Waals surface area (Å²) in [6.45, 7) is 3.57. The number of aromatic amines is 2. The zero-order chi connectivity index (χ0) is 27.0. The van der Waals surface area contributed by atoms with Gasteiger partial charge in [0.05, 0.1) is 50.7 Å². The second kappa shape index (κ2) is 10.2. The van der Waals surface area contributed by atoms with Crippen molar-refractivity contribution in [2.75, 3.05) is 12.4 Å². The van der Waals surface area contributed by atoms with Crippen molar-refractivity contribution < 1.29 is 9.53 Å². The Morgan fingerprint density at radius 3 is 2.50 bits per heavy atom. The van der Waals surface area contributed by atoms with Crippen LogP contribution >= 0.6 is 23.2 Å². The first-order chi connectivity index (χ1) is 18.3. The van der Waals surface area contributed by atoms with E-state index in [4.69, 9.17) is 27.9 Å². The van der Waals surface area contributed by atoms with Gasteiger partial charge < -0.3 is 20.0 Å². The number of carbonyl (C=O) groups excluding carboxylic acids is 1. The van der Waals surface area contributed by atoms with Crippen LogP contribution in [0.3, 0.4) is 0 Å². The topological polar surface area (TPSA) is 124 Å². The van der Waals surface area contributed by atoms with Gasteiger partial charge in [-0.3, -0.25) is 9.59 Å². The number of hydrogen-bond donors (Lipinski definition) is 4. The molecule has 0 aliphatic carbocycles. The van der Waals surface area contributed by atoms with Crippen molar-refractivity contribution in [1.29, 1.82) is 0 Å². The van der Waals surface area contributed by atoms with Crippen molar-refractivity contribution in [2.24, 2.45) is 5.10 Å². The fourth-order valence-electron chi connectivity index (χ4n) is 4.26. The largest absolute Gasteiger partial charge is 0.496 e. The third-order valence-electron chi connectivity index (χ3n) is 6.14. The van der Waals surface area contributed by atoms with E-state index < -0.39 is 5.91 Å². The fourth-order valence-corrected chi connectivity index (χ4v) is 4.75. The normalized spacial score (nSPS) is 11.7. The number of pyridine rings is 1. The number of para-hydroxylation sites is 2. The molecular weight excluding hydrogens is 527 g/mol. The zero-order valence-corrected chi connectivity index (χ0v) is 22.1. The average Bonchev–Trinajstić information content (AvgIpc) is 3.33. The van der Waals surface area contributed by atoms with E-state index in [2.05, 4.69) is 30.8 Å². The van der Waals surface area contributed by atoms with Crippen molar-refractivity contribution >= 4 is 68.3 Å². The standard InChI is InChI=1S/C27H22Cl2N6O3/c1-13-15-11-12-19-24(33-27(30-19)32-23-17(28)8-6-9-18(23)29)21(15)26(37)31-22(13)14(2)34-35-25(36)16-7-4-5-10-20(16)38-3/h4-12H,1-3H3,(H,31,37)(H,35,36)(H2,30,32,33). The summed E-state index contributed by atoms with van der Waals surface area (Å²) in [7, 11) is 1.49. The third kappa shape index (κ3) is 4.57. The molecule has 2 aromatic heterocycles. The van der Waals surface area contributed by atoms with Crippen molar-refractivity contribution in [3.8, 4) is 5.75 Å². The predicted octanol–water partition coefficient (Wildman–Crippen LogP) is 5.93. The van der Waals surface area contributed by atoms with Gasteiger partial charge in [-0.1, -0.05) is 47.5 Å². The summed E-state index contributed by atoms with van der Waals surface area (Å²) in [4.78, 5) is 36.6. The van der Waals surface area contributed by atoms with Gasteiger partial charge in [0.25, 0.3) is 11.5 Å². The molecule has 0 radical (unpaired) electrons. The van der Waals surface area contributed by atoms with Crippen LogP contribution in [0.4, 0.5) is 11.6 Å². The lowest BCUT2D eigenvalue weighted by atomic mass is 10.0. The molecule has 2 heterocycles. The van der Waals surface area contributed by atoms with Crippen LogP contribution in [0.25, 0.3) is 21.8 Å². The Bertz CT molecular complexity index is 1790. The summed E-state index contributed by atoms with van der Waals surface area (Å²) in [6, 6.07) is 15.7. The quantitative estimate of drug-likeness (QED) is 0.155. The number of halogens is 2. The van der Waals surface area contributed by atoms with Gasteiger partial charge in [-0.2, -0.15) is 5.10 Å². The smallest absolute Gasteiger partial charge is 0.275 e. The number of imidazole rings is 1. The van der Waals surface area contributed by atoms with Crippen LogP contribution in [0, 0.1) is 6.92 Å². The maximum absolute atomic E-state index is 13.3. The number of methoxy groups -OCH3 is 1. The van der Waals surface area contributed by atoms with Gasteiger partial charge in [0.15, 0.2) is 0 Å². The summed E-state index contributed by atoms with van der Waals surface area (Å²) in [5.41, 5.74) is 5.91. The number of rotatable bonds is 6. The van der Waals surface area contributed by atoms with Gasteiger partial charge in [0.2, 0.25) is 5.95 Å². The molecule has 5 aromatic rings. The highest BCUT2D eigenvalue weighted by atomic mass is 35.5. The highest BCUT2D eigenvalue weighted by molar-refractivity contribution is 6.39. The number of hydrogen-bond acceptors (Lipinski definition) is 6. The highest BCUT2D eigenvalue weighted by Crippen LogP contribution is 2.33. The van der Waals surface area contributed by atoms with Gasteiger partial charge in [0, 0.05) is 0 Å².